The van der Waals surface area contributed by atoms with Crippen molar-refractivity contribution in [2.24, 2.45) is 0 Å². The van der Waals surface area contributed by atoms with Gasteiger partial charge in [0, 0.05) is 13.7 Å². The lowest BCUT2D eigenvalue weighted by Crippen LogP contribution is -2.44. The second-order valence-electron chi connectivity index (χ2n) is 5.47. The van der Waals surface area contributed by atoms with Gasteiger partial charge in [0.05, 0.1) is 18.8 Å². The van der Waals surface area contributed by atoms with Gasteiger partial charge in [-0.15, -0.1) is 11.6 Å². The van der Waals surface area contributed by atoms with Crippen molar-refractivity contribution in [2.45, 2.75) is 44.6 Å². The van der Waals surface area contributed by atoms with Crippen LogP contribution in [-0.4, -0.2) is 41.0 Å². The van der Waals surface area contributed by atoms with Gasteiger partial charge in [0.25, 0.3) is 0 Å². The van der Waals surface area contributed by atoms with Crippen molar-refractivity contribution in [2.75, 3.05) is 13.0 Å². The van der Waals surface area contributed by atoms with E-state index < -0.39 is 6.10 Å². The first-order valence-corrected chi connectivity index (χ1v) is 7.79. The molecule has 0 aromatic heterocycles. The number of aliphatic hydroxyl groups is 1. The lowest BCUT2D eigenvalue weighted by Gasteiger charge is -2.31. The fraction of sp³-hybridized carbons (Fsp3) is 0.562. The molecule has 1 aromatic carbocycles. The highest BCUT2D eigenvalue weighted by Gasteiger charge is 2.33. The molecule has 1 N–H and O–H groups in total. The van der Waals surface area contributed by atoms with Gasteiger partial charge in [-0.1, -0.05) is 24.3 Å². The average Bonchev–Trinajstić information content (AvgIpc) is 2.91. The Morgan fingerprint density at radius 1 is 1.43 bits per heavy atom. The van der Waals surface area contributed by atoms with Crippen molar-refractivity contribution in [1.29, 1.82) is 0 Å². The number of aliphatic hydroxyl groups excluding tert-OH is 1. The molecule has 2 atom stereocenters. The number of carbonyl (C=O) groups is 1. The summed E-state index contributed by atoms with van der Waals surface area (Å²) in [6.07, 6.45) is 2.09. The third-order valence-corrected chi connectivity index (χ3v) is 4.16. The molecule has 21 heavy (non-hydrogen) atoms. The minimum Gasteiger partial charge on any atom is -0.391 e. The van der Waals surface area contributed by atoms with E-state index >= 15 is 0 Å². The summed E-state index contributed by atoms with van der Waals surface area (Å²) in [6.45, 7) is 1.02. The van der Waals surface area contributed by atoms with Gasteiger partial charge in [-0.3, -0.25) is 4.79 Å². The zero-order valence-corrected chi connectivity index (χ0v) is 13.1. The number of benzene rings is 1. The summed E-state index contributed by atoms with van der Waals surface area (Å²) >= 11 is 5.73. The number of carbonyl (C=O) groups excluding carboxylic acids is 1. The molecule has 0 spiro atoms. The molecule has 1 fully saturated rings. The lowest BCUT2D eigenvalue weighted by molar-refractivity contribution is -0.133. The quantitative estimate of drug-likeness (QED) is 0.820. The lowest BCUT2D eigenvalue weighted by atomic mass is 10.1. The highest BCUT2D eigenvalue weighted by Crippen LogP contribution is 2.26. The van der Waals surface area contributed by atoms with Crippen LogP contribution >= 0.6 is 11.6 Å². The van der Waals surface area contributed by atoms with Crippen LogP contribution < -0.4 is 0 Å². The predicted octanol–water partition coefficient (Wildman–Crippen LogP) is 2.31. The van der Waals surface area contributed by atoms with E-state index in [9.17, 15) is 9.90 Å². The number of hydrogen-bond donors (Lipinski definition) is 1. The van der Waals surface area contributed by atoms with E-state index in [1.165, 1.54) is 0 Å². The topological polar surface area (TPSA) is 49.8 Å². The van der Waals surface area contributed by atoms with E-state index in [2.05, 4.69) is 0 Å². The van der Waals surface area contributed by atoms with E-state index in [-0.39, 0.29) is 17.8 Å². The van der Waals surface area contributed by atoms with Crippen molar-refractivity contribution < 1.29 is 14.6 Å². The average molecular weight is 312 g/mol. The third kappa shape index (κ3) is 4.19. The number of hydrogen-bond acceptors (Lipinski definition) is 3. The summed E-state index contributed by atoms with van der Waals surface area (Å²) in [5.41, 5.74) is 2.10. The van der Waals surface area contributed by atoms with Gasteiger partial charge < -0.3 is 14.7 Å². The highest BCUT2D eigenvalue weighted by molar-refractivity contribution is 6.27. The van der Waals surface area contributed by atoms with Crippen molar-refractivity contribution in [3.8, 4) is 0 Å². The Labute approximate surface area is 130 Å². The molecule has 2 rings (SSSR count). The zero-order valence-electron chi connectivity index (χ0n) is 12.3. The van der Waals surface area contributed by atoms with Gasteiger partial charge in [0.15, 0.2) is 0 Å². The summed E-state index contributed by atoms with van der Waals surface area (Å²) in [6, 6.07) is 7.83. The molecular formula is C16H22ClNO3. The summed E-state index contributed by atoms with van der Waals surface area (Å²) in [4.78, 5) is 13.8. The molecular weight excluding hydrogens is 290 g/mol. The summed E-state index contributed by atoms with van der Waals surface area (Å²) in [5.74, 6) is -0.180. The van der Waals surface area contributed by atoms with Crippen molar-refractivity contribution in [1.82, 2.24) is 4.90 Å². The molecule has 0 aliphatic heterocycles. The van der Waals surface area contributed by atoms with Gasteiger partial charge in [0.1, 0.15) is 5.88 Å². The maximum absolute atomic E-state index is 12.1. The molecule has 0 radical (unpaired) electrons. The molecule has 5 heteroatoms. The van der Waals surface area contributed by atoms with Gasteiger partial charge in [-0.05, 0) is 30.4 Å². The van der Waals surface area contributed by atoms with Crippen LogP contribution in [0.15, 0.2) is 24.3 Å². The Bertz CT molecular complexity index is 480. The maximum atomic E-state index is 12.1. The molecule has 1 aliphatic rings. The van der Waals surface area contributed by atoms with Gasteiger partial charge >= 0.3 is 0 Å². The second-order valence-corrected chi connectivity index (χ2v) is 5.74. The Balaban J connectivity index is 2.14. The first-order valence-electron chi connectivity index (χ1n) is 7.26. The van der Waals surface area contributed by atoms with Crippen LogP contribution in [0.25, 0.3) is 0 Å². The summed E-state index contributed by atoms with van der Waals surface area (Å²) < 4.78 is 5.13. The van der Waals surface area contributed by atoms with E-state index in [1.807, 2.05) is 24.3 Å². The largest absolute Gasteiger partial charge is 0.391 e. The number of alkyl halides is 1. The molecule has 116 valence electrons. The monoisotopic (exact) mass is 311 g/mol. The minimum atomic E-state index is -0.445. The van der Waals surface area contributed by atoms with Crippen LogP contribution in [0.2, 0.25) is 0 Å². The first-order chi connectivity index (χ1) is 10.2. The van der Waals surface area contributed by atoms with E-state index in [0.29, 0.717) is 13.2 Å². The molecule has 0 heterocycles. The fourth-order valence-corrected chi connectivity index (χ4v) is 3.09. The SMILES string of the molecule is COCc1cccc(CN(C(=O)CCl)[C@@H]2CCC[C@H]2O)c1. The van der Waals surface area contributed by atoms with Crippen molar-refractivity contribution >= 4 is 17.5 Å². The zero-order chi connectivity index (χ0) is 15.2. The van der Waals surface area contributed by atoms with Crippen LogP contribution in [0.4, 0.5) is 0 Å². The number of halogens is 1. The summed E-state index contributed by atoms with van der Waals surface area (Å²) in [5, 5.41) is 10.1. The van der Waals surface area contributed by atoms with Gasteiger partial charge in [-0.2, -0.15) is 0 Å². The van der Waals surface area contributed by atoms with Crippen LogP contribution in [0.3, 0.4) is 0 Å². The number of nitrogens with zero attached hydrogens (tertiary/aromatic N) is 1. The van der Waals surface area contributed by atoms with Gasteiger partial charge in [-0.25, -0.2) is 0 Å². The van der Waals surface area contributed by atoms with Crippen LogP contribution in [0.5, 0.6) is 0 Å². The first kappa shape index (κ1) is 16.3. The highest BCUT2D eigenvalue weighted by atomic mass is 35.5. The normalized spacial score (nSPS) is 21.5. The van der Waals surface area contributed by atoms with Crippen molar-refractivity contribution in [3.63, 3.8) is 0 Å². The van der Waals surface area contributed by atoms with Crippen LogP contribution in [0.1, 0.15) is 30.4 Å². The second kappa shape index (κ2) is 7.78. The van der Waals surface area contributed by atoms with Gasteiger partial charge in [0.2, 0.25) is 5.91 Å². The minimum absolute atomic E-state index is 0.0546. The maximum Gasteiger partial charge on any atom is 0.238 e. The predicted molar refractivity (Wildman–Crippen MR) is 82.1 cm³/mol. The smallest absolute Gasteiger partial charge is 0.238 e. The van der Waals surface area contributed by atoms with E-state index in [1.54, 1.807) is 12.0 Å². The molecule has 1 aliphatic carbocycles. The number of ether oxygens (including phenoxy) is 1. The summed E-state index contributed by atoms with van der Waals surface area (Å²) in [7, 11) is 1.66. The standard InChI is InChI=1S/C16H22ClNO3/c1-21-11-13-5-2-4-12(8-13)10-18(16(20)9-17)14-6-3-7-15(14)19/h2,4-5,8,14-15,19H,3,6-7,9-11H2,1H3/t14-,15-/m1/s1. The molecule has 0 saturated heterocycles. The molecule has 4 nitrogen and oxygen atoms in total. The van der Waals surface area contributed by atoms with Crippen LogP contribution in [-0.2, 0) is 22.7 Å². The Morgan fingerprint density at radius 3 is 2.81 bits per heavy atom. The third-order valence-electron chi connectivity index (χ3n) is 3.93. The molecule has 1 saturated carbocycles. The molecule has 0 unspecified atom stereocenters. The Morgan fingerprint density at radius 2 is 2.19 bits per heavy atom. The number of methoxy groups -OCH3 is 1. The van der Waals surface area contributed by atoms with Crippen LogP contribution in [0, 0.1) is 0 Å². The van der Waals surface area contributed by atoms with E-state index in [4.69, 9.17) is 16.3 Å². The Hall–Kier alpha value is -1.10. The van der Waals surface area contributed by atoms with Crippen molar-refractivity contribution in [3.05, 3.63) is 35.4 Å². The molecule has 1 aromatic rings. The molecule has 0 bridgehead atoms. The fourth-order valence-electron chi connectivity index (χ4n) is 2.93. The Kier molecular flexibility index (Phi) is 6.03. The number of rotatable bonds is 6. The van der Waals surface area contributed by atoms with E-state index in [0.717, 1.165) is 30.4 Å². The number of amides is 1. The molecule has 1 amide bonds.